The van der Waals surface area contributed by atoms with Crippen LogP contribution in [0.4, 0.5) is 18.0 Å². The molecule has 1 fully saturated rings. The fourth-order valence-electron chi connectivity index (χ4n) is 1.46. The van der Waals surface area contributed by atoms with Gasteiger partial charge in [0.05, 0.1) is 6.10 Å². The minimum atomic E-state index is -4.37. The van der Waals surface area contributed by atoms with E-state index in [0.29, 0.717) is 13.0 Å². The topological polar surface area (TPSA) is 50.4 Å². The van der Waals surface area contributed by atoms with Crippen LogP contribution in [0.15, 0.2) is 0 Å². The lowest BCUT2D eigenvalue weighted by Gasteiger charge is -2.11. The molecule has 0 aromatic rings. The van der Waals surface area contributed by atoms with E-state index in [2.05, 4.69) is 5.32 Å². The van der Waals surface area contributed by atoms with Gasteiger partial charge in [0.2, 0.25) is 0 Å². The van der Waals surface area contributed by atoms with Crippen LogP contribution >= 0.6 is 0 Å². The molecule has 4 nitrogen and oxygen atoms in total. The van der Waals surface area contributed by atoms with Crippen LogP contribution in [0.3, 0.4) is 0 Å². The molecule has 94 valence electrons. The molecule has 2 amide bonds. The van der Waals surface area contributed by atoms with E-state index in [1.54, 1.807) is 5.32 Å². The largest absolute Gasteiger partial charge is 0.405 e. The summed E-state index contributed by atoms with van der Waals surface area (Å²) >= 11 is 0. The standard InChI is InChI=1S/C9H15F3N2O2/c10-9(11,12)6-14-8(15)13-4-3-7-2-1-5-16-7/h7H,1-6H2,(H2,13,14,15). The number of carbonyl (C=O) groups excluding carboxylic acids is 1. The zero-order chi connectivity index (χ0) is 12.0. The molecule has 1 rings (SSSR count). The van der Waals surface area contributed by atoms with Gasteiger partial charge in [-0.25, -0.2) is 4.79 Å². The number of ether oxygens (including phenoxy) is 1. The molecule has 0 spiro atoms. The van der Waals surface area contributed by atoms with Crippen molar-refractivity contribution in [2.75, 3.05) is 19.7 Å². The lowest BCUT2D eigenvalue weighted by Crippen LogP contribution is -2.41. The predicted molar refractivity (Wildman–Crippen MR) is 51.0 cm³/mol. The Morgan fingerprint density at radius 3 is 2.69 bits per heavy atom. The fraction of sp³-hybridized carbons (Fsp3) is 0.889. The number of carbonyl (C=O) groups is 1. The Balaban J connectivity index is 2.01. The number of hydrogen-bond donors (Lipinski definition) is 2. The summed E-state index contributed by atoms with van der Waals surface area (Å²) in [5, 5.41) is 4.08. The first-order valence-corrected chi connectivity index (χ1v) is 5.17. The Morgan fingerprint density at radius 1 is 1.38 bits per heavy atom. The molecule has 16 heavy (non-hydrogen) atoms. The molecule has 1 unspecified atom stereocenters. The SMILES string of the molecule is O=C(NCCC1CCCO1)NCC(F)(F)F. The highest BCUT2D eigenvalue weighted by molar-refractivity contribution is 5.73. The van der Waals surface area contributed by atoms with Gasteiger partial charge >= 0.3 is 12.2 Å². The Kier molecular flexibility index (Phi) is 4.85. The number of urea groups is 1. The first-order chi connectivity index (χ1) is 7.47. The molecule has 0 saturated carbocycles. The van der Waals surface area contributed by atoms with E-state index in [1.165, 1.54) is 0 Å². The molecular weight excluding hydrogens is 225 g/mol. The zero-order valence-corrected chi connectivity index (χ0v) is 8.77. The van der Waals surface area contributed by atoms with Gasteiger partial charge in [-0.05, 0) is 19.3 Å². The molecule has 0 bridgehead atoms. The maximum atomic E-state index is 11.7. The lowest BCUT2D eigenvalue weighted by molar-refractivity contribution is -0.122. The van der Waals surface area contributed by atoms with Crippen LogP contribution in [0, 0.1) is 0 Å². The third-order valence-corrected chi connectivity index (χ3v) is 2.23. The molecule has 1 heterocycles. The summed E-state index contributed by atoms with van der Waals surface area (Å²) in [6, 6.07) is -0.796. The summed E-state index contributed by atoms with van der Waals surface area (Å²) in [5.74, 6) is 0. The average molecular weight is 240 g/mol. The van der Waals surface area contributed by atoms with Gasteiger partial charge in [-0.1, -0.05) is 0 Å². The average Bonchev–Trinajstić information content (AvgIpc) is 2.66. The minimum Gasteiger partial charge on any atom is -0.378 e. The molecule has 0 aromatic carbocycles. The number of alkyl halides is 3. The molecule has 0 radical (unpaired) electrons. The van der Waals surface area contributed by atoms with Crippen molar-refractivity contribution >= 4 is 6.03 Å². The fourth-order valence-corrected chi connectivity index (χ4v) is 1.46. The van der Waals surface area contributed by atoms with Gasteiger partial charge in [0.1, 0.15) is 6.54 Å². The lowest BCUT2D eigenvalue weighted by atomic mass is 10.2. The van der Waals surface area contributed by atoms with Gasteiger partial charge < -0.3 is 15.4 Å². The van der Waals surface area contributed by atoms with Crippen molar-refractivity contribution in [3.05, 3.63) is 0 Å². The summed E-state index contributed by atoms with van der Waals surface area (Å²) in [5.41, 5.74) is 0. The highest BCUT2D eigenvalue weighted by Crippen LogP contribution is 2.14. The molecule has 0 aromatic heterocycles. The van der Waals surface area contributed by atoms with Gasteiger partial charge in [0.25, 0.3) is 0 Å². The second kappa shape index (κ2) is 5.93. The van der Waals surface area contributed by atoms with Crippen LogP contribution in [0.1, 0.15) is 19.3 Å². The summed E-state index contributed by atoms with van der Waals surface area (Å²) in [6.45, 7) is -0.252. The van der Waals surface area contributed by atoms with Gasteiger partial charge in [-0.3, -0.25) is 0 Å². The highest BCUT2D eigenvalue weighted by Gasteiger charge is 2.27. The molecule has 7 heteroatoms. The Morgan fingerprint density at radius 2 is 2.12 bits per heavy atom. The smallest absolute Gasteiger partial charge is 0.378 e. The highest BCUT2D eigenvalue weighted by atomic mass is 19.4. The maximum Gasteiger partial charge on any atom is 0.405 e. The predicted octanol–water partition coefficient (Wildman–Crippen LogP) is 1.42. The van der Waals surface area contributed by atoms with Crippen LogP contribution in [0.5, 0.6) is 0 Å². The van der Waals surface area contributed by atoms with Crippen LogP contribution in [0.25, 0.3) is 0 Å². The van der Waals surface area contributed by atoms with E-state index in [0.717, 1.165) is 19.4 Å². The quantitative estimate of drug-likeness (QED) is 0.780. The van der Waals surface area contributed by atoms with Gasteiger partial charge in [-0.2, -0.15) is 13.2 Å². The molecule has 1 atom stereocenters. The van der Waals surface area contributed by atoms with Crippen LogP contribution in [-0.4, -0.2) is 38.0 Å². The van der Waals surface area contributed by atoms with Gasteiger partial charge in [-0.15, -0.1) is 0 Å². The summed E-state index contributed by atoms with van der Waals surface area (Å²) in [6.07, 6.45) is -1.65. The van der Waals surface area contributed by atoms with Crippen molar-refractivity contribution in [3.8, 4) is 0 Å². The molecule has 1 aliphatic heterocycles. The first-order valence-electron chi connectivity index (χ1n) is 5.17. The van der Waals surface area contributed by atoms with E-state index in [4.69, 9.17) is 4.74 Å². The molecule has 1 saturated heterocycles. The van der Waals surface area contributed by atoms with E-state index >= 15 is 0 Å². The molecule has 1 aliphatic rings. The Labute approximate surface area is 91.5 Å². The molecular formula is C9H15F3N2O2. The Hall–Kier alpha value is -0.980. The number of hydrogen-bond acceptors (Lipinski definition) is 2. The van der Waals surface area contributed by atoms with Gasteiger partial charge in [0.15, 0.2) is 0 Å². The van der Waals surface area contributed by atoms with Crippen molar-refractivity contribution in [3.63, 3.8) is 0 Å². The number of amides is 2. The monoisotopic (exact) mass is 240 g/mol. The van der Waals surface area contributed by atoms with E-state index in [1.807, 2.05) is 0 Å². The van der Waals surface area contributed by atoms with Crippen molar-refractivity contribution < 1.29 is 22.7 Å². The second-order valence-electron chi connectivity index (χ2n) is 3.65. The minimum absolute atomic E-state index is 0.128. The van der Waals surface area contributed by atoms with Crippen molar-refractivity contribution in [1.29, 1.82) is 0 Å². The summed E-state index contributed by atoms with van der Waals surface area (Å²) < 4.78 is 40.5. The van der Waals surface area contributed by atoms with Crippen molar-refractivity contribution in [1.82, 2.24) is 10.6 Å². The number of nitrogens with one attached hydrogen (secondary N) is 2. The zero-order valence-electron chi connectivity index (χ0n) is 8.77. The summed E-state index contributed by atoms with van der Waals surface area (Å²) in [7, 11) is 0. The number of rotatable bonds is 4. The Bertz CT molecular complexity index is 227. The van der Waals surface area contributed by atoms with Crippen LogP contribution in [0.2, 0.25) is 0 Å². The normalized spacial score (nSPS) is 20.8. The second-order valence-corrected chi connectivity index (χ2v) is 3.65. The van der Waals surface area contributed by atoms with E-state index in [9.17, 15) is 18.0 Å². The van der Waals surface area contributed by atoms with E-state index in [-0.39, 0.29) is 6.10 Å². The third kappa shape index (κ3) is 5.79. The van der Waals surface area contributed by atoms with Gasteiger partial charge in [0, 0.05) is 13.2 Å². The third-order valence-electron chi connectivity index (χ3n) is 2.23. The van der Waals surface area contributed by atoms with Crippen LogP contribution < -0.4 is 10.6 Å². The van der Waals surface area contributed by atoms with Crippen LogP contribution in [-0.2, 0) is 4.74 Å². The van der Waals surface area contributed by atoms with E-state index < -0.39 is 18.8 Å². The summed E-state index contributed by atoms with van der Waals surface area (Å²) in [4.78, 5) is 10.9. The van der Waals surface area contributed by atoms with Crippen molar-refractivity contribution in [2.24, 2.45) is 0 Å². The maximum absolute atomic E-state index is 11.7. The first kappa shape index (κ1) is 13.1. The molecule has 2 N–H and O–H groups in total. The van der Waals surface area contributed by atoms with Crippen molar-refractivity contribution in [2.45, 2.75) is 31.5 Å². The molecule has 0 aliphatic carbocycles. The number of halogens is 3.